The van der Waals surface area contributed by atoms with Crippen LogP contribution in [0.3, 0.4) is 0 Å². The molecule has 20 heavy (non-hydrogen) atoms. The van der Waals surface area contributed by atoms with Crippen LogP contribution >= 0.6 is 11.3 Å². The van der Waals surface area contributed by atoms with E-state index in [2.05, 4.69) is 48.0 Å². The molecule has 0 amide bonds. The maximum atomic E-state index is 3.64. The lowest BCUT2D eigenvalue weighted by molar-refractivity contribution is 0.524. The molecule has 1 atom stereocenters. The second-order valence-electron chi connectivity index (χ2n) is 5.70. The predicted octanol–water partition coefficient (Wildman–Crippen LogP) is 4.00. The Hall–Kier alpha value is -1.12. The highest BCUT2D eigenvalue weighted by atomic mass is 32.1. The van der Waals surface area contributed by atoms with E-state index in [1.54, 1.807) is 11.1 Å². The first kappa shape index (κ1) is 13.8. The minimum Gasteiger partial charge on any atom is -0.314 e. The number of thiophene rings is 1. The molecule has 1 aromatic carbocycles. The first-order chi connectivity index (χ1) is 9.85. The smallest absolute Gasteiger partial charge is 0.0156 e. The number of nitrogens with one attached hydrogen (secondary N) is 1. The first-order valence-electron chi connectivity index (χ1n) is 7.71. The van der Waals surface area contributed by atoms with Gasteiger partial charge in [-0.15, -0.1) is 11.3 Å². The fourth-order valence-corrected chi connectivity index (χ4v) is 4.00. The Kier molecular flexibility index (Phi) is 4.54. The van der Waals surface area contributed by atoms with Gasteiger partial charge in [-0.25, -0.2) is 0 Å². The Labute approximate surface area is 126 Å². The lowest BCUT2D eigenvalue weighted by Gasteiger charge is -2.18. The van der Waals surface area contributed by atoms with E-state index in [0.717, 1.165) is 19.4 Å². The zero-order valence-electron chi connectivity index (χ0n) is 12.2. The van der Waals surface area contributed by atoms with Gasteiger partial charge in [0.2, 0.25) is 0 Å². The van der Waals surface area contributed by atoms with Crippen molar-refractivity contribution in [1.29, 1.82) is 0 Å². The summed E-state index contributed by atoms with van der Waals surface area (Å²) in [6.07, 6.45) is 6.17. The Morgan fingerprint density at radius 1 is 1.15 bits per heavy atom. The molecule has 2 heteroatoms. The van der Waals surface area contributed by atoms with Crippen molar-refractivity contribution in [2.45, 2.75) is 45.1 Å². The Balaban J connectivity index is 1.69. The molecule has 1 heterocycles. The van der Waals surface area contributed by atoms with Crippen molar-refractivity contribution < 1.29 is 0 Å². The summed E-state index contributed by atoms with van der Waals surface area (Å²) in [5, 5.41) is 5.82. The predicted molar refractivity (Wildman–Crippen MR) is 87.7 cm³/mol. The molecule has 0 bridgehead atoms. The van der Waals surface area contributed by atoms with E-state index >= 15 is 0 Å². The Morgan fingerprint density at radius 3 is 2.85 bits per heavy atom. The minimum atomic E-state index is 0.554. The second kappa shape index (κ2) is 6.55. The highest BCUT2D eigenvalue weighted by Gasteiger charge is 2.14. The standard InChI is InChI=1S/C18H23NS/c1-2-19-17(13-18-7-4-10-20-18)12-14-8-9-15-5-3-6-16(15)11-14/h4,7-11,17,19H,2-3,5-6,12-13H2,1H3. The van der Waals surface area contributed by atoms with Crippen molar-refractivity contribution in [3.05, 3.63) is 57.3 Å². The van der Waals surface area contributed by atoms with Gasteiger partial charge in [-0.3, -0.25) is 0 Å². The van der Waals surface area contributed by atoms with E-state index in [1.807, 2.05) is 11.3 Å². The summed E-state index contributed by atoms with van der Waals surface area (Å²) in [5.41, 5.74) is 4.66. The van der Waals surface area contributed by atoms with Gasteiger partial charge in [-0.05, 0) is 66.8 Å². The van der Waals surface area contributed by atoms with Crippen LogP contribution in [0.5, 0.6) is 0 Å². The minimum absolute atomic E-state index is 0.554. The molecule has 1 nitrogen and oxygen atoms in total. The van der Waals surface area contributed by atoms with E-state index in [4.69, 9.17) is 0 Å². The van der Waals surface area contributed by atoms with Crippen LogP contribution in [-0.2, 0) is 25.7 Å². The maximum Gasteiger partial charge on any atom is 0.0156 e. The van der Waals surface area contributed by atoms with Crippen LogP contribution in [0.15, 0.2) is 35.7 Å². The van der Waals surface area contributed by atoms with Gasteiger partial charge in [0.25, 0.3) is 0 Å². The molecule has 2 aromatic rings. The molecule has 0 saturated carbocycles. The molecular weight excluding hydrogens is 262 g/mol. The average molecular weight is 285 g/mol. The van der Waals surface area contributed by atoms with Crippen molar-refractivity contribution in [2.75, 3.05) is 6.54 Å². The van der Waals surface area contributed by atoms with Crippen LogP contribution in [-0.4, -0.2) is 12.6 Å². The molecule has 1 aromatic heterocycles. The quantitative estimate of drug-likeness (QED) is 0.846. The van der Waals surface area contributed by atoms with Crippen LogP contribution in [0.2, 0.25) is 0 Å². The fraction of sp³-hybridized carbons (Fsp3) is 0.444. The molecule has 3 rings (SSSR count). The van der Waals surface area contributed by atoms with Gasteiger partial charge in [0, 0.05) is 10.9 Å². The second-order valence-corrected chi connectivity index (χ2v) is 6.73. The van der Waals surface area contributed by atoms with Crippen LogP contribution in [0.1, 0.15) is 34.9 Å². The summed E-state index contributed by atoms with van der Waals surface area (Å²) in [6.45, 7) is 3.24. The molecule has 1 unspecified atom stereocenters. The van der Waals surface area contributed by atoms with E-state index < -0.39 is 0 Å². The SMILES string of the molecule is CCNC(Cc1ccc2c(c1)CCC2)Cc1cccs1. The first-order valence-corrected chi connectivity index (χ1v) is 8.59. The lowest BCUT2D eigenvalue weighted by atomic mass is 9.99. The number of benzene rings is 1. The van der Waals surface area contributed by atoms with Crippen molar-refractivity contribution in [2.24, 2.45) is 0 Å². The van der Waals surface area contributed by atoms with Gasteiger partial charge >= 0.3 is 0 Å². The van der Waals surface area contributed by atoms with Crippen molar-refractivity contribution >= 4 is 11.3 Å². The van der Waals surface area contributed by atoms with Crippen LogP contribution in [0.25, 0.3) is 0 Å². The summed E-state index contributed by atoms with van der Waals surface area (Å²) in [6, 6.07) is 12.1. The molecule has 106 valence electrons. The molecule has 0 radical (unpaired) electrons. The normalized spacial score (nSPS) is 15.2. The Morgan fingerprint density at radius 2 is 2.05 bits per heavy atom. The number of hydrogen-bond donors (Lipinski definition) is 1. The zero-order valence-corrected chi connectivity index (χ0v) is 13.0. The maximum absolute atomic E-state index is 3.64. The number of aryl methyl sites for hydroxylation is 2. The summed E-state index contributed by atoms with van der Waals surface area (Å²) in [5.74, 6) is 0. The summed E-state index contributed by atoms with van der Waals surface area (Å²) in [7, 11) is 0. The van der Waals surface area contributed by atoms with Gasteiger partial charge in [-0.1, -0.05) is 31.2 Å². The zero-order chi connectivity index (χ0) is 13.8. The van der Waals surface area contributed by atoms with Crippen molar-refractivity contribution in [3.8, 4) is 0 Å². The van der Waals surface area contributed by atoms with Crippen LogP contribution in [0.4, 0.5) is 0 Å². The van der Waals surface area contributed by atoms with E-state index in [1.165, 1.54) is 29.7 Å². The number of likely N-dealkylation sites (N-methyl/N-ethyl adjacent to an activating group) is 1. The molecule has 0 fully saturated rings. The van der Waals surface area contributed by atoms with Gasteiger partial charge < -0.3 is 5.32 Å². The third kappa shape index (κ3) is 3.31. The van der Waals surface area contributed by atoms with Gasteiger partial charge in [0.15, 0.2) is 0 Å². The van der Waals surface area contributed by atoms with Gasteiger partial charge in [-0.2, -0.15) is 0 Å². The molecule has 0 aliphatic heterocycles. The summed E-state index contributed by atoms with van der Waals surface area (Å²) < 4.78 is 0. The molecule has 1 N–H and O–H groups in total. The van der Waals surface area contributed by atoms with Crippen LogP contribution < -0.4 is 5.32 Å². The summed E-state index contributed by atoms with van der Waals surface area (Å²) in [4.78, 5) is 1.48. The van der Waals surface area contributed by atoms with E-state index in [9.17, 15) is 0 Å². The number of rotatable bonds is 6. The van der Waals surface area contributed by atoms with Gasteiger partial charge in [0.05, 0.1) is 0 Å². The third-order valence-electron chi connectivity index (χ3n) is 4.17. The topological polar surface area (TPSA) is 12.0 Å². The molecule has 0 spiro atoms. The largest absolute Gasteiger partial charge is 0.314 e. The average Bonchev–Trinajstić information content (AvgIpc) is 3.09. The van der Waals surface area contributed by atoms with Crippen molar-refractivity contribution in [1.82, 2.24) is 5.32 Å². The molecular formula is C18H23NS. The molecule has 0 saturated heterocycles. The van der Waals surface area contributed by atoms with Crippen molar-refractivity contribution in [3.63, 3.8) is 0 Å². The number of hydrogen-bond acceptors (Lipinski definition) is 2. The Bertz CT molecular complexity index is 545. The fourth-order valence-electron chi connectivity index (χ4n) is 3.21. The highest BCUT2D eigenvalue weighted by Crippen LogP contribution is 2.24. The highest BCUT2D eigenvalue weighted by molar-refractivity contribution is 7.09. The molecule has 1 aliphatic carbocycles. The van der Waals surface area contributed by atoms with Gasteiger partial charge in [0.1, 0.15) is 0 Å². The van der Waals surface area contributed by atoms with E-state index in [0.29, 0.717) is 6.04 Å². The lowest BCUT2D eigenvalue weighted by Crippen LogP contribution is -2.32. The monoisotopic (exact) mass is 285 g/mol. The summed E-state index contributed by atoms with van der Waals surface area (Å²) >= 11 is 1.87. The van der Waals surface area contributed by atoms with E-state index in [-0.39, 0.29) is 0 Å². The third-order valence-corrected chi connectivity index (χ3v) is 5.06. The molecule has 1 aliphatic rings. The number of fused-ring (bicyclic) bond motifs is 1. The van der Waals surface area contributed by atoms with Crippen LogP contribution in [0, 0.1) is 0 Å².